The molecule has 0 saturated heterocycles. The van der Waals surface area contributed by atoms with Crippen LogP contribution < -0.4 is 11.1 Å². The van der Waals surface area contributed by atoms with Gasteiger partial charge in [-0.1, -0.05) is 28.1 Å². The third-order valence-electron chi connectivity index (χ3n) is 3.21. The van der Waals surface area contributed by atoms with E-state index in [1.54, 1.807) is 11.9 Å². The van der Waals surface area contributed by atoms with Crippen LogP contribution in [-0.4, -0.2) is 43.3 Å². The molecule has 130 valence electrons. The number of amides is 1. The van der Waals surface area contributed by atoms with Crippen molar-refractivity contribution in [2.75, 3.05) is 26.7 Å². The number of nitrogens with two attached hydrogens (primary N) is 1. The van der Waals surface area contributed by atoms with Gasteiger partial charge >= 0.3 is 6.09 Å². The minimum absolute atomic E-state index is 0.0344. The predicted octanol–water partition coefficient (Wildman–Crippen LogP) is 3.30. The second-order valence-electron chi connectivity index (χ2n) is 6.56. The molecule has 1 amide bonds. The van der Waals surface area contributed by atoms with Gasteiger partial charge < -0.3 is 20.7 Å². The van der Waals surface area contributed by atoms with Crippen LogP contribution in [0.1, 0.15) is 38.8 Å². The first-order valence-electron chi connectivity index (χ1n) is 7.86. The monoisotopic (exact) mass is 385 g/mol. The summed E-state index contributed by atoms with van der Waals surface area (Å²) in [4.78, 5) is 13.8. The van der Waals surface area contributed by atoms with Crippen molar-refractivity contribution < 1.29 is 9.53 Å². The van der Waals surface area contributed by atoms with Crippen molar-refractivity contribution in [3.63, 3.8) is 0 Å². The van der Waals surface area contributed by atoms with Crippen molar-refractivity contribution in [1.29, 1.82) is 0 Å². The topological polar surface area (TPSA) is 67.6 Å². The Labute approximate surface area is 147 Å². The molecule has 1 rings (SSSR count). The first-order chi connectivity index (χ1) is 10.7. The highest BCUT2D eigenvalue weighted by Crippen LogP contribution is 2.19. The lowest BCUT2D eigenvalue weighted by molar-refractivity contribution is 0.0283. The first-order valence-corrected chi connectivity index (χ1v) is 8.65. The van der Waals surface area contributed by atoms with Gasteiger partial charge in [-0.2, -0.15) is 0 Å². The highest BCUT2D eigenvalue weighted by Gasteiger charge is 2.22. The van der Waals surface area contributed by atoms with Gasteiger partial charge in [0, 0.05) is 24.1 Å². The number of benzene rings is 1. The molecule has 0 spiro atoms. The van der Waals surface area contributed by atoms with E-state index in [4.69, 9.17) is 10.5 Å². The SMILES string of the molecule is CN(CC(NCCCN)c1ccc(Br)cc1)C(=O)OC(C)(C)C. The normalized spacial score (nSPS) is 12.8. The number of likely N-dealkylation sites (N-methyl/N-ethyl adjacent to an activating group) is 1. The van der Waals surface area contributed by atoms with Crippen molar-refractivity contribution >= 4 is 22.0 Å². The van der Waals surface area contributed by atoms with E-state index in [2.05, 4.69) is 21.2 Å². The van der Waals surface area contributed by atoms with E-state index >= 15 is 0 Å². The first kappa shape index (κ1) is 19.9. The molecule has 0 saturated carbocycles. The molecule has 0 aliphatic heterocycles. The van der Waals surface area contributed by atoms with Crippen LogP contribution in [0.3, 0.4) is 0 Å². The summed E-state index contributed by atoms with van der Waals surface area (Å²) in [7, 11) is 1.75. The largest absolute Gasteiger partial charge is 0.444 e. The minimum atomic E-state index is -0.495. The Morgan fingerprint density at radius 2 is 1.96 bits per heavy atom. The van der Waals surface area contributed by atoms with Gasteiger partial charge in [0.25, 0.3) is 0 Å². The number of rotatable bonds is 7. The lowest BCUT2D eigenvalue weighted by atomic mass is 10.1. The van der Waals surface area contributed by atoms with E-state index in [1.165, 1.54) is 0 Å². The van der Waals surface area contributed by atoms with Crippen molar-refractivity contribution in [3.05, 3.63) is 34.3 Å². The van der Waals surface area contributed by atoms with Crippen LogP contribution in [-0.2, 0) is 4.74 Å². The third kappa shape index (κ3) is 7.81. The van der Waals surface area contributed by atoms with Crippen LogP contribution in [0.15, 0.2) is 28.7 Å². The quantitative estimate of drug-likeness (QED) is 0.706. The smallest absolute Gasteiger partial charge is 0.410 e. The summed E-state index contributed by atoms with van der Waals surface area (Å²) in [6, 6.07) is 8.13. The number of carbonyl (C=O) groups is 1. The van der Waals surface area contributed by atoms with Gasteiger partial charge in [-0.3, -0.25) is 0 Å². The van der Waals surface area contributed by atoms with E-state index in [-0.39, 0.29) is 12.1 Å². The third-order valence-corrected chi connectivity index (χ3v) is 3.73. The Bertz CT molecular complexity index is 486. The van der Waals surface area contributed by atoms with Crippen LogP contribution >= 0.6 is 15.9 Å². The Morgan fingerprint density at radius 1 is 1.35 bits per heavy atom. The van der Waals surface area contributed by atoms with Gasteiger partial charge in [0.1, 0.15) is 5.60 Å². The lowest BCUT2D eigenvalue weighted by Crippen LogP contribution is -2.40. The molecular weight excluding hydrogens is 358 g/mol. The molecule has 5 nitrogen and oxygen atoms in total. The molecule has 0 heterocycles. The molecule has 23 heavy (non-hydrogen) atoms. The van der Waals surface area contributed by atoms with Crippen LogP contribution in [0.5, 0.6) is 0 Å². The molecule has 1 aromatic carbocycles. The maximum atomic E-state index is 12.2. The molecule has 6 heteroatoms. The number of nitrogens with zero attached hydrogens (tertiary/aromatic N) is 1. The summed E-state index contributed by atoms with van der Waals surface area (Å²) in [6.45, 7) is 7.57. The van der Waals surface area contributed by atoms with Crippen molar-refractivity contribution in [2.24, 2.45) is 5.73 Å². The van der Waals surface area contributed by atoms with E-state index in [1.807, 2.05) is 45.0 Å². The van der Waals surface area contributed by atoms with Gasteiger partial charge in [-0.25, -0.2) is 4.79 Å². The lowest BCUT2D eigenvalue weighted by Gasteiger charge is -2.28. The Morgan fingerprint density at radius 3 is 2.48 bits per heavy atom. The summed E-state index contributed by atoms with van der Waals surface area (Å²) < 4.78 is 6.44. The summed E-state index contributed by atoms with van der Waals surface area (Å²) in [5, 5.41) is 3.46. The van der Waals surface area contributed by atoms with Crippen LogP contribution in [0.2, 0.25) is 0 Å². The second kappa shape index (κ2) is 9.25. The number of carbonyl (C=O) groups excluding carboxylic acids is 1. The Hall–Kier alpha value is -1.11. The number of nitrogens with one attached hydrogen (secondary N) is 1. The average molecular weight is 386 g/mol. The van der Waals surface area contributed by atoms with Crippen molar-refractivity contribution in [1.82, 2.24) is 10.2 Å². The fourth-order valence-corrected chi connectivity index (χ4v) is 2.31. The van der Waals surface area contributed by atoms with Crippen LogP contribution in [0.25, 0.3) is 0 Å². The number of ether oxygens (including phenoxy) is 1. The van der Waals surface area contributed by atoms with Gasteiger partial charge in [-0.05, 0) is 58.0 Å². The average Bonchev–Trinajstić information content (AvgIpc) is 2.45. The summed E-state index contributed by atoms with van der Waals surface area (Å²) >= 11 is 3.44. The Kier molecular flexibility index (Phi) is 8.02. The zero-order chi connectivity index (χ0) is 17.5. The highest BCUT2D eigenvalue weighted by atomic mass is 79.9. The molecule has 0 radical (unpaired) electrons. The van der Waals surface area contributed by atoms with Crippen molar-refractivity contribution in [2.45, 2.75) is 38.8 Å². The number of hydrogen-bond donors (Lipinski definition) is 2. The zero-order valence-corrected chi connectivity index (χ0v) is 16.0. The second-order valence-corrected chi connectivity index (χ2v) is 7.48. The predicted molar refractivity (Wildman–Crippen MR) is 97.4 cm³/mol. The van der Waals surface area contributed by atoms with E-state index in [0.29, 0.717) is 13.1 Å². The molecule has 1 unspecified atom stereocenters. The fourth-order valence-electron chi connectivity index (χ4n) is 2.05. The molecule has 1 aromatic rings. The van der Waals surface area contributed by atoms with E-state index in [0.717, 1.165) is 23.0 Å². The molecular formula is C17H28BrN3O2. The van der Waals surface area contributed by atoms with E-state index < -0.39 is 5.60 Å². The van der Waals surface area contributed by atoms with Gasteiger partial charge in [0.05, 0.1) is 0 Å². The molecule has 0 aliphatic rings. The summed E-state index contributed by atoms with van der Waals surface area (Å²) in [5.41, 5.74) is 6.19. The van der Waals surface area contributed by atoms with Gasteiger partial charge in [0.2, 0.25) is 0 Å². The van der Waals surface area contributed by atoms with Gasteiger partial charge in [-0.15, -0.1) is 0 Å². The maximum Gasteiger partial charge on any atom is 0.410 e. The Balaban J connectivity index is 2.75. The summed E-state index contributed by atoms with van der Waals surface area (Å²) in [6.07, 6.45) is 0.573. The van der Waals surface area contributed by atoms with Gasteiger partial charge in [0.15, 0.2) is 0 Å². The molecule has 1 atom stereocenters. The molecule has 0 bridgehead atoms. The standard InChI is InChI=1S/C17H28BrN3O2/c1-17(2,3)23-16(22)21(4)12-15(20-11-5-10-19)13-6-8-14(18)9-7-13/h6-9,15,20H,5,10-12,19H2,1-4H3. The van der Waals surface area contributed by atoms with Crippen LogP contribution in [0, 0.1) is 0 Å². The van der Waals surface area contributed by atoms with Crippen LogP contribution in [0.4, 0.5) is 4.79 Å². The summed E-state index contributed by atoms with van der Waals surface area (Å²) in [5.74, 6) is 0. The highest BCUT2D eigenvalue weighted by molar-refractivity contribution is 9.10. The zero-order valence-electron chi connectivity index (χ0n) is 14.4. The number of halogens is 1. The van der Waals surface area contributed by atoms with E-state index in [9.17, 15) is 4.79 Å². The molecule has 0 aliphatic carbocycles. The maximum absolute atomic E-state index is 12.2. The number of hydrogen-bond acceptors (Lipinski definition) is 4. The molecule has 0 fully saturated rings. The molecule has 0 aromatic heterocycles. The molecule has 3 N–H and O–H groups in total. The minimum Gasteiger partial charge on any atom is -0.444 e. The fraction of sp³-hybridized carbons (Fsp3) is 0.588. The van der Waals surface area contributed by atoms with Crippen molar-refractivity contribution in [3.8, 4) is 0 Å².